The Bertz CT molecular complexity index is 591. The summed E-state index contributed by atoms with van der Waals surface area (Å²) in [4.78, 5) is 0.226. The maximum atomic E-state index is 12.3. The molecule has 0 bridgehead atoms. The summed E-state index contributed by atoms with van der Waals surface area (Å²) < 4.78 is 27.5. The Morgan fingerprint density at radius 2 is 2.05 bits per heavy atom. The second-order valence-corrected chi connectivity index (χ2v) is 8.02. The Labute approximate surface area is 124 Å². The molecule has 108 valence electrons. The van der Waals surface area contributed by atoms with Gasteiger partial charge in [0.25, 0.3) is 0 Å². The molecule has 1 saturated carbocycles. The average Bonchev–Trinajstić information content (AvgIpc) is 2.86. The minimum Gasteiger partial charge on any atom is -0.207 e. The van der Waals surface area contributed by atoms with Crippen LogP contribution in [0.25, 0.3) is 0 Å². The molecule has 0 spiro atoms. The summed E-state index contributed by atoms with van der Waals surface area (Å²) in [5.41, 5.74) is 0.462. The van der Waals surface area contributed by atoms with Crippen molar-refractivity contribution in [3.63, 3.8) is 0 Å². The molecule has 0 heterocycles. The third kappa shape index (κ3) is 3.54. The molecule has 1 fully saturated rings. The van der Waals surface area contributed by atoms with E-state index >= 15 is 0 Å². The van der Waals surface area contributed by atoms with E-state index in [4.69, 9.17) is 5.26 Å². The van der Waals surface area contributed by atoms with E-state index in [9.17, 15) is 8.42 Å². The smallest absolute Gasteiger partial charge is 0.207 e. The monoisotopic (exact) mass is 310 g/mol. The van der Waals surface area contributed by atoms with Crippen molar-refractivity contribution < 1.29 is 8.42 Å². The number of rotatable bonds is 5. The summed E-state index contributed by atoms with van der Waals surface area (Å²) >= 11 is 1.82. The quantitative estimate of drug-likeness (QED) is 0.907. The van der Waals surface area contributed by atoms with Crippen LogP contribution < -0.4 is 4.72 Å². The Hall–Kier alpha value is -1.03. The first-order valence-electron chi connectivity index (χ1n) is 6.71. The molecule has 20 heavy (non-hydrogen) atoms. The zero-order valence-electron chi connectivity index (χ0n) is 11.4. The highest BCUT2D eigenvalue weighted by Gasteiger charge is 2.31. The summed E-state index contributed by atoms with van der Waals surface area (Å²) in [5.74, 6) is 1.000. The van der Waals surface area contributed by atoms with Gasteiger partial charge in [-0.25, -0.2) is 13.1 Å². The lowest BCUT2D eigenvalue weighted by molar-refractivity contribution is 0.555. The summed E-state index contributed by atoms with van der Waals surface area (Å²) in [6, 6.07) is 8.02. The first-order chi connectivity index (χ1) is 9.56. The van der Waals surface area contributed by atoms with E-state index in [0.717, 1.165) is 25.0 Å². The van der Waals surface area contributed by atoms with Gasteiger partial charge in [0, 0.05) is 11.3 Å². The minimum atomic E-state index is -3.49. The normalized spacial score (nSPS) is 22.6. The van der Waals surface area contributed by atoms with Gasteiger partial charge < -0.3 is 0 Å². The number of benzene rings is 1. The lowest BCUT2D eigenvalue weighted by Gasteiger charge is -2.20. The fourth-order valence-corrected chi connectivity index (χ4v) is 5.05. The van der Waals surface area contributed by atoms with E-state index in [-0.39, 0.29) is 10.9 Å². The van der Waals surface area contributed by atoms with Gasteiger partial charge in [0.15, 0.2) is 0 Å². The maximum absolute atomic E-state index is 12.3. The van der Waals surface area contributed by atoms with Gasteiger partial charge in [-0.1, -0.05) is 13.3 Å². The zero-order chi connectivity index (χ0) is 14.6. The van der Waals surface area contributed by atoms with Crippen LogP contribution >= 0.6 is 11.8 Å². The van der Waals surface area contributed by atoms with Gasteiger partial charge in [-0.15, -0.1) is 0 Å². The minimum absolute atomic E-state index is 0.0144. The molecule has 0 aliphatic heterocycles. The van der Waals surface area contributed by atoms with Crippen LogP contribution in [-0.2, 0) is 10.0 Å². The van der Waals surface area contributed by atoms with Gasteiger partial charge in [-0.3, -0.25) is 0 Å². The lowest BCUT2D eigenvalue weighted by Crippen LogP contribution is -2.38. The molecule has 1 aromatic rings. The van der Waals surface area contributed by atoms with Crippen molar-refractivity contribution in [2.75, 3.05) is 5.75 Å². The van der Waals surface area contributed by atoms with Gasteiger partial charge in [-0.05, 0) is 42.9 Å². The van der Waals surface area contributed by atoms with Crippen molar-refractivity contribution in [3.8, 4) is 6.07 Å². The largest absolute Gasteiger partial charge is 0.240 e. The van der Waals surface area contributed by atoms with E-state index in [1.165, 1.54) is 24.3 Å². The summed E-state index contributed by atoms with van der Waals surface area (Å²) in [5, 5.41) is 9.11. The molecule has 0 amide bonds. The zero-order valence-corrected chi connectivity index (χ0v) is 13.0. The van der Waals surface area contributed by atoms with Gasteiger partial charge >= 0.3 is 0 Å². The lowest BCUT2D eigenvalue weighted by atomic mass is 10.2. The number of hydrogen-bond donors (Lipinski definition) is 1. The van der Waals surface area contributed by atoms with E-state index in [0.29, 0.717) is 10.8 Å². The molecule has 1 aliphatic rings. The highest BCUT2D eigenvalue weighted by Crippen LogP contribution is 2.30. The third-order valence-corrected chi connectivity index (χ3v) is 6.27. The van der Waals surface area contributed by atoms with Crippen molar-refractivity contribution in [3.05, 3.63) is 29.8 Å². The number of thioether (sulfide) groups is 1. The van der Waals surface area contributed by atoms with Crippen LogP contribution in [0.15, 0.2) is 29.2 Å². The first-order valence-corrected chi connectivity index (χ1v) is 9.24. The van der Waals surface area contributed by atoms with Gasteiger partial charge in [0.1, 0.15) is 0 Å². The van der Waals surface area contributed by atoms with Crippen LogP contribution in [0.5, 0.6) is 0 Å². The van der Waals surface area contributed by atoms with Crippen molar-refractivity contribution in [2.24, 2.45) is 0 Å². The van der Waals surface area contributed by atoms with Gasteiger partial charge in [-0.2, -0.15) is 17.0 Å². The predicted molar refractivity (Wildman–Crippen MR) is 81.0 cm³/mol. The fourth-order valence-electron chi connectivity index (χ4n) is 2.45. The Morgan fingerprint density at radius 1 is 1.35 bits per heavy atom. The average molecular weight is 310 g/mol. The van der Waals surface area contributed by atoms with Crippen LogP contribution in [0.1, 0.15) is 31.7 Å². The topological polar surface area (TPSA) is 70.0 Å². The highest BCUT2D eigenvalue weighted by molar-refractivity contribution is 8.00. The summed E-state index contributed by atoms with van der Waals surface area (Å²) in [7, 11) is -3.49. The first kappa shape index (κ1) is 15.4. The predicted octanol–water partition coefficient (Wildman–Crippen LogP) is 2.51. The number of nitrogens with zero attached hydrogens (tertiary/aromatic N) is 1. The molecule has 2 unspecified atom stereocenters. The van der Waals surface area contributed by atoms with Crippen LogP contribution in [0.4, 0.5) is 0 Å². The SMILES string of the molecule is CCSC1CCCC1NS(=O)(=O)c1ccc(C#N)cc1. The molecule has 4 nitrogen and oxygen atoms in total. The molecule has 0 saturated heterocycles. The van der Waals surface area contributed by atoms with E-state index in [2.05, 4.69) is 11.6 Å². The second-order valence-electron chi connectivity index (χ2n) is 4.79. The number of sulfonamides is 1. The fraction of sp³-hybridized carbons (Fsp3) is 0.500. The summed E-state index contributed by atoms with van der Waals surface area (Å²) in [6.07, 6.45) is 3.03. The molecule has 2 rings (SSSR count). The van der Waals surface area contributed by atoms with Crippen molar-refractivity contribution >= 4 is 21.8 Å². The highest BCUT2D eigenvalue weighted by atomic mass is 32.2. The third-order valence-electron chi connectivity index (χ3n) is 3.43. The molecule has 0 radical (unpaired) electrons. The number of hydrogen-bond acceptors (Lipinski definition) is 4. The number of nitrogens with one attached hydrogen (secondary N) is 1. The molecule has 2 atom stereocenters. The maximum Gasteiger partial charge on any atom is 0.240 e. The molecule has 1 N–H and O–H groups in total. The van der Waals surface area contributed by atoms with Crippen LogP contribution in [0.2, 0.25) is 0 Å². The van der Waals surface area contributed by atoms with Crippen LogP contribution in [0, 0.1) is 11.3 Å². The van der Waals surface area contributed by atoms with E-state index < -0.39 is 10.0 Å². The van der Waals surface area contributed by atoms with Crippen molar-refractivity contribution in [1.82, 2.24) is 4.72 Å². The molecule has 1 aromatic carbocycles. The van der Waals surface area contributed by atoms with Crippen molar-refractivity contribution in [1.29, 1.82) is 5.26 Å². The van der Waals surface area contributed by atoms with Gasteiger partial charge in [0.2, 0.25) is 10.0 Å². The Kier molecular flexibility index (Phi) is 5.08. The molecule has 1 aliphatic carbocycles. The van der Waals surface area contributed by atoms with E-state index in [1.807, 2.05) is 17.8 Å². The second kappa shape index (κ2) is 6.61. The molecular weight excluding hydrogens is 292 g/mol. The van der Waals surface area contributed by atoms with E-state index in [1.54, 1.807) is 0 Å². The molecule has 0 aromatic heterocycles. The van der Waals surface area contributed by atoms with Crippen molar-refractivity contribution in [2.45, 2.75) is 42.4 Å². The van der Waals surface area contributed by atoms with Gasteiger partial charge in [0.05, 0.1) is 16.5 Å². The standard InChI is InChI=1S/C14H18N2O2S2/c1-2-19-14-5-3-4-13(14)16-20(17,18)12-8-6-11(10-15)7-9-12/h6-9,13-14,16H,2-5H2,1H3. The van der Waals surface area contributed by atoms with Crippen LogP contribution in [0.3, 0.4) is 0 Å². The Balaban J connectivity index is 2.12. The molecule has 6 heteroatoms. The van der Waals surface area contributed by atoms with Crippen LogP contribution in [-0.4, -0.2) is 25.5 Å². The summed E-state index contributed by atoms with van der Waals surface area (Å²) in [6.45, 7) is 2.09. The number of nitriles is 1. The molecular formula is C14H18N2O2S2. The Morgan fingerprint density at radius 3 is 2.65 bits per heavy atom.